The smallest absolute Gasteiger partial charge is 0.294 e. The molecule has 0 aromatic rings. The van der Waals surface area contributed by atoms with E-state index in [4.69, 9.17) is 0 Å². The second-order valence-electron chi connectivity index (χ2n) is 2.62. The molecule has 8 nitrogen and oxygen atoms in total. The van der Waals surface area contributed by atoms with E-state index in [2.05, 4.69) is 15.5 Å². The van der Waals surface area contributed by atoms with Crippen molar-refractivity contribution in [2.24, 2.45) is 0 Å². The molecule has 0 aromatic heterocycles. The van der Waals surface area contributed by atoms with Crippen LogP contribution in [0.25, 0.3) is 0 Å². The summed E-state index contributed by atoms with van der Waals surface area (Å²) < 4.78 is 0. The van der Waals surface area contributed by atoms with Crippen molar-refractivity contribution in [3.05, 3.63) is 10.1 Å². The summed E-state index contributed by atoms with van der Waals surface area (Å²) in [7, 11) is 0. The van der Waals surface area contributed by atoms with Crippen molar-refractivity contribution in [2.45, 2.75) is 5.25 Å². The Morgan fingerprint density at radius 2 is 2.53 bits per heavy atom. The number of hydrogen-bond donors (Lipinski definition) is 2. The summed E-state index contributed by atoms with van der Waals surface area (Å²) in [6.45, 7) is 0.133. The molecule has 0 saturated carbocycles. The molecule has 1 atom stereocenters. The molecule has 1 heterocycles. The Labute approximate surface area is 88.8 Å². The average Bonchev–Trinajstić information content (AvgIpc) is 2.59. The van der Waals surface area contributed by atoms with Crippen LogP contribution in [0.3, 0.4) is 0 Å². The zero-order valence-electron chi connectivity index (χ0n) is 7.60. The molecule has 9 heteroatoms. The van der Waals surface area contributed by atoms with Gasteiger partial charge in [-0.15, -0.1) is 10.1 Å². The molecule has 0 aromatic carbocycles. The molecule has 1 aliphatic heterocycles. The second-order valence-corrected chi connectivity index (χ2v) is 3.80. The number of thioether (sulfide) groups is 1. The van der Waals surface area contributed by atoms with Crippen molar-refractivity contribution in [2.75, 3.05) is 19.7 Å². The lowest BCUT2D eigenvalue weighted by molar-refractivity contribution is -0.757. The van der Waals surface area contributed by atoms with Gasteiger partial charge in [-0.05, 0) is 11.8 Å². The Morgan fingerprint density at radius 3 is 3.07 bits per heavy atom. The number of nitrogens with one attached hydrogen (secondary N) is 2. The molecule has 0 aliphatic carbocycles. The van der Waals surface area contributed by atoms with Crippen LogP contribution in [0.15, 0.2) is 0 Å². The molecule has 1 fully saturated rings. The molecule has 84 valence electrons. The van der Waals surface area contributed by atoms with Gasteiger partial charge in [-0.1, -0.05) is 0 Å². The first-order valence-corrected chi connectivity index (χ1v) is 4.97. The van der Waals surface area contributed by atoms with Crippen LogP contribution >= 0.6 is 11.8 Å². The van der Waals surface area contributed by atoms with Crippen molar-refractivity contribution < 1.29 is 19.5 Å². The topological polar surface area (TPSA) is 111 Å². The number of carbonyl (C=O) groups is 2. The number of carbonyl (C=O) groups excluding carboxylic acids is 2. The van der Waals surface area contributed by atoms with E-state index in [1.54, 1.807) is 0 Å². The summed E-state index contributed by atoms with van der Waals surface area (Å²) in [6, 6.07) is 0. The standard InChI is InChI=1S/C6H9N3O5S/c10-5(4-3-8-6(11)15-4)7-1-2-14-9(12)13/h4H,1-3H2,(H,7,10)(H,8,11). The van der Waals surface area contributed by atoms with Gasteiger partial charge in [-0.25, -0.2) is 0 Å². The highest BCUT2D eigenvalue weighted by atomic mass is 32.2. The van der Waals surface area contributed by atoms with E-state index in [-0.39, 0.29) is 30.8 Å². The first-order valence-electron chi connectivity index (χ1n) is 4.09. The molecule has 1 unspecified atom stereocenters. The van der Waals surface area contributed by atoms with E-state index >= 15 is 0 Å². The van der Waals surface area contributed by atoms with E-state index < -0.39 is 10.3 Å². The lowest BCUT2D eigenvalue weighted by Gasteiger charge is -2.07. The van der Waals surface area contributed by atoms with Crippen LogP contribution in [0.1, 0.15) is 0 Å². The van der Waals surface area contributed by atoms with Gasteiger partial charge in [-0.3, -0.25) is 9.59 Å². The predicted molar refractivity (Wildman–Crippen MR) is 50.7 cm³/mol. The Hall–Kier alpha value is -1.51. The van der Waals surface area contributed by atoms with E-state index in [1.165, 1.54) is 0 Å². The first-order chi connectivity index (χ1) is 7.09. The summed E-state index contributed by atoms with van der Waals surface area (Å²) in [6.07, 6.45) is 0. The van der Waals surface area contributed by atoms with Gasteiger partial charge in [0.05, 0.1) is 0 Å². The van der Waals surface area contributed by atoms with Gasteiger partial charge < -0.3 is 15.5 Å². The molecular formula is C6H9N3O5S. The Kier molecular flexibility index (Phi) is 4.16. The highest BCUT2D eigenvalue weighted by molar-refractivity contribution is 8.15. The highest BCUT2D eigenvalue weighted by Crippen LogP contribution is 2.17. The van der Waals surface area contributed by atoms with Crippen molar-refractivity contribution in [3.8, 4) is 0 Å². The third kappa shape index (κ3) is 4.02. The SMILES string of the molecule is O=C1NCC(C(=O)NCCO[N+](=O)[O-])S1. The van der Waals surface area contributed by atoms with Gasteiger partial charge in [0.1, 0.15) is 11.9 Å². The largest absolute Gasteiger partial charge is 0.353 e. The second kappa shape index (κ2) is 5.39. The molecule has 1 saturated heterocycles. The fraction of sp³-hybridized carbons (Fsp3) is 0.667. The summed E-state index contributed by atoms with van der Waals surface area (Å²) in [5.41, 5.74) is 0. The van der Waals surface area contributed by atoms with Crippen LogP contribution in [-0.2, 0) is 9.63 Å². The Morgan fingerprint density at radius 1 is 1.80 bits per heavy atom. The average molecular weight is 235 g/mol. The van der Waals surface area contributed by atoms with Crippen LogP contribution in [-0.4, -0.2) is 41.2 Å². The molecule has 1 aliphatic rings. The van der Waals surface area contributed by atoms with Gasteiger partial charge in [0.2, 0.25) is 5.91 Å². The van der Waals surface area contributed by atoms with E-state index in [0.29, 0.717) is 0 Å². The number of rotatable bonds is 5. The van der Waals surface area contributed by atoms with Crippen LogP contribution in [0.2, 0.25) is 0 Å². The van der Waals surface area contributed by atoms with Crippen LogP contribution < -0.4 is 10.6 Å². The molecule has 2 N–H and O–H groups in total. The quantitative estimate of drug-likeness (QED) is 0.364. The minimum Gasteiger partial charge on any atom is -0.353 e. The third-order valence-corrected chi connectivity index (χ3v) is 2.60. The maximum absolute atomic E-state index is 11.3. The zero-order chi connectivity index (χ0) is 11.3. The van der Waals surface area contributed by atoms with Crippen molar-refractivity contribution >= 4 is 22.9 Å². The molecule has 1 rings (SSSR count). The summed E-state index contributed by atoms with van der Waals surface area (Å²) >= 11 is 0.901. The fourth-order valence-electron chi connectivity index (χ4n) is 0.943. The Balaban J connectivity index is 2.13. The van der Waals surface area contributed by atoms with Gasteiger partial charge in [0, 0.05) is 13.1 Å². The first kappa shape index (κ1) is 11.6. The van der Waals surface area contributed by atoms with Gasteiger partial charge >= 0.3 is 0 Å². The summed E-state index contributed by atoms with van der Waals surface area (Å²) in [4.78, 5) is 35.8. The van der Waals surface area contributed by atoms with Crippen LogP contribution in [0.5, 0.6) is 0 Å². The lowest BCUT2D eigenvalue weighted by atomic mass is 10.4. The van der Waals surface area contributed by atoms with Crippen molar-refractivity contribution in [1.29, 1.82) is 0 Å². The minimum atomic E-state index is -0.929. The normalized spacial score (nSPS) is 19.5. The molecule has 15 heavy (non-hydrogen) atoms. The highest BCUT2D eigenvalue weighted by Gasteiger charge is 2.28. The lowest BCUT2D eigenvalue weighted by Crippen LogP contribution is -2.36. The monoisotopic (exact) mass is 235 g/mol. The van der Waals surface area contributed by atoms with Gasteiger partial charge in [-0.2, -0.15) is 0 Å². The molecule has 0 radical (unpaired) electrons. The van der Waals surface area contributed by atoms with E-state index in [1.807, 2.05) is 0 Å². The summed E-state index contributed by atoms with van der Waals surface area (Å²) in [5, 5.41) is 13.0. The molecule has 0 bridgehead atoms. The maximum Gasteiger partial charge on any atom is 0.294 e. The molecule has 0 spiro atoms. The van der Waals surface area contributed by atoms with Gasteiger partial charge in [0.15, 0.2) is 0 Å². The third-order valence-electron chi connectivity index (χ3n) is 1.57. The number of hydrogen-bond acceptors (Lipinski definition) is 6. The number of nitrogens with zero attached hydrogens (tertiary/aromatic N) is 1. The molecule has 2 amide bonds. The van der Waals surface area contributed by atoms with Gasteiger partial charge in [0.25, 0.3) is 10.3 Å². The van der Waals surface area contributed by atoms with Crippen molar-refractivity contribution in [1.82, 2.24) is 10.6 Å². The zero-order valence-corrected chi connectivity index (χ0v) is 8.41. The van der Waals surface area contributed by atoms with Crippen molar-refractivity contribution in [3.63, 3.8) is 0 Å². The summed E-state index contributed by atoms with van der Waals surface area (Å²) in [5.74, 6) is -0.328. The van der Waals surface area contributed by atoms with E-state index in [9.17, 15) is 19.7 Å². The maximum atomic E-state index is 11.3. The molecular weight excluding hydrogens is 226 g/mol. The predicted octanol–water partition coefficient (Wildman–Crippen LogP) is -0.864. The fourth-order valence-corrected chi connectivity index (χ4v) is 1.73. The van der Waals surface area contributed by atoms with Crippen LogP contribution in [0, 0.1) is 10.1 Å². The van der Waals surface area contributed by atoms with E-state index in [0.717, 1.165) is 11.8 Å². The minimum absolute atomic E-state index is 0.0467. The van der Waals surface area contributed by atoms with Crippen LogP contribution in [0.4, 0.5) is 4.79 Å². The Bertz CT molecular complexity index is 284. The number of amides is 2.